The van der Waals surface area contributed by atoms with Crippen molar-refractivity contribution in [1.29, 1.82) is 0 Å². The molecule has 1 N–H and O–H groups in total. The van der Waals surface area contributed by atoms with Crippen molar-refractivity contribution in [2.45, 2.75) is 87.6 Å². The summed E-state index contributed by atoms with van der Waals surface area (Å²) >= 11 is 1.77. The highest BCUT2D eigenvalue weighted by Crippen LogP contribution is 2.30. The monoisotopic (exact) mass is 311 g/mol. The lowest BCUT2D eigenvalue weighted by Gasteiger charge is -2.26. The van der Waals surface area contributed by atoms with Gasteiger partial charge in [-0.25, -0.2) is 0 Å². The summed E-state index contributed by atoms with van der Waals surface area (Å²) in [6.07, 6.45) is 13.5. The maximum Gasteiger partial charge on any atom is 0.276 e. The van der Waals surface area contributed by atoms with Gasteiger partial charge >= 0.3 is 0 Å². The Kier molecular flexibility index (Phi) is 7.58. The molecule has 1 aromatic rings. The summed E-state index contributed by atoms with van der Waals surface area (Å²) in [6.45, 7) is 1.85. The Morgan fingerprint density at radius 1 is 0.952 bits per heavy atom. The van der Waals surface area contributed by atoms with Crippen molar-refractivity contribution >= 4 is 11.8 Å². The molecule has 5 heteroatoms. The molecule has 21 heavy (non-hydrogen) atoms. The van der Waals surface area contributed by atoms with Crippen molar-refractivity contribution in [2.75, 3.05) is 7.05 Å². The second-order valence-corrected chi connectivity index (χ2v) is 7.23. The van der Waals surface area contributed by atoms with Gasteiger partial charge in [0.15, 0.2) is 0 Å². The van der Waals surface area contributed by atoms with E-state index < -0.39 is 0 Å². The van der Waals surface area contributed by atoms with E-state index >= 15 is 0 Å². The van der Waals surface area contributed by atoms with E-state index in [9.17, 15) is 0 Å². The van der Waals surface area contributed by atoms with E-state index in [4.69, 9.17) is 4.42 Å². The van der Waals surface area contributed by atoms with Gasteiger partial charge in [-0.05, 0) is 19.9 Å². The number of nitrogens with zero attached hydrogens (tertiary/aromatic N) is 2. The predicted molar refractivity (Wildman–Crippen MR) is 87.7 cm³/mol. The smallest absolute Gasteiger partial charge is 0.276 e. The molecule has 120 valence electrons. The molecule has 1 saturated carbocycles. The molecule has 0 spiro atoms. The Morgan fingerprint density at radius 2 is 1.57 bits per heavy atom. The molecule has 0 amide bonds. The van der Waals surface area contributed by atoms with Crippen molar-refractivity contribution in [3.63, 3.8) is 0 Å². The van der Waals surface area contributed by atoms with Crippen LogP contribution in [0.3, 0.4) is 0 Å². The van der Waals surface area contributed by atoms with Crippen LogP contribution >= 0.6 is 11.8 Å². The molecule has 0 aliphatic heterocycles. The van der Waals surface area contributed by atoms with Crippen LogP contribution in [0.2, 0.25) is 0 Å². The molecule has 1 aliphatic rings. The number of aromatic nitrogens is 2. The van der Waals surface area contributed by atoms with Crippen molar-refractivity contribution in [3.05, 3.63) is 5.89 Å². The van der Waals surface area contributed by atoms with Gasteiger partial charge < -0.3 is 9.73 Å². The minimum Gasteiger partial charge on any atom is -0.416 e. The molecule has 0 saturated heterocycles. The van der Waals surface area contributed by atoms with E-state index in [0.717, 1.165) is 5.22 Å². The molecular formula is C16H29N3OS. The van der Waals surface area contributed by atoms with E-state index in [1.54, 1.807) is 11.8 Å². The average molecular weight is 311 g/mol. The first-order valence-corrected chi connectivity index (χ1v) is 9.31. The van der Waals surface area contributed by atoms with Gasteiger partial charge in [0.25, 0.3) is 5.22 Å². The second-order valence-electron chi connectivity index (χ2n) is 6.04. The van der Waals surface area contributed by atoms with Gasteiger partial charge in [-0.1, -0.05) is 63.1 Å². The molecule has 0 aromatic carbocycles. The largest absolute Gasteiger partial charge is 0.416 e. The summed E-state index contributed by atoms with van der Waals surface area (Å²) < 4.78 is 5.56. The number of nitrogens with one attached hydrogen (secondary N) is 1. The zero-order valence-corrected chi connectivity index (χ0v) is 14.3. The van der Waals surface area contributed by atoms with Crippen LogP contribution in [0.15, 0.2) is 9.64 Å². The predicted octanol–water partition coefficient (Wildman–Crippen LogP) is 4.34. The van der Waals surface area contributed by atoms with Gasteiger partial charge in [0.1, 0.15) is 0 Å². The Hall–Kier alpha value is -0.550. The van der Waals surface area contributed by atoms with E-state index in [0.29, 0.717) is 17.2 Å². The fourth-order valence-corrected chi connectivity index (χ4v) is 4.32. The van der Waals surface area contributed by atoms with Gasteiger partial charge in [-0.2, -0.15) is 0 Å². The highest BCUT2D eigenvalue weighted by molar-refractivity contribution is 7.99. The van der Waals surface area contributed by atoms with E-state index in [-0.39, 0.29) is 0 Å². The first-order valence-electron chi connectivity index (χ1n) is 8.43. The lowest BCUT2D eigenvalue weighted by Crippen LogP contribution is -2.35. The first-order chi connectivity index (χ1) is 10.3. The van der Waals surface area contributed by atoms with E-state index in [2.05, 4.69) is 22.6 Å². The van der Waals surface area contributed by atoms with Gasteiger partial charge in [-0.15, -0.1) is 10.2 Å². The number of aryl methyl sites for hydroxylation is 1. The minimum atomic E-state index is 0.536. The van der Waals surface area contributed by atoms with Gasteiger partial charge in [0.2, 0.25) is 5.89 Å². The molecule has 2 unspecified atom stereocenters. The third kappa shape index (κ3) is 5.99. The molecule has 1 aliphatic carbocycles. The summed E-state index contributed by atoms with van der Waals surface area (Å²) in [5.74, 6) is 0.659. The number of hydrogen-bond acceptors (Lipinski definition) is 5. The maximum atomic E-state index is 5.56. The molecule has 4 nitrogen and oxygen atoms in total. The van der Waals surface area contributed by atoms with E-state index in [1.165, 1.54) is 64.2 Å². The SMILES string of the molecule is CNC1CCCCCCCCCCC1Sc1nnc(C)o1. The number of hydrogen-bond donors (Lipinski definition) is 1. The van der Waals surface area contributed by atoms with E-state index in [1.807, 2.05) is 6.92 Å². The van der Waals surface area contributed by atoms with Crippen LogP contribution in [0.4, 0.5) is 0 Å². The summed E-state index contributed by atoms with van der Waals surface area (Å²) in [5.41, 5.74) is 0. The zero-order chi connectivity index (χ0) is 14.9. The van der Waals surface area contributed by atoms with Crippen molar-refractivity contribution in [3.8, 4) is 0 Å². The standard InChI is InChI=1S/C16H29N3OS/c1-13-18-19-16(20-13)21-15-12-10-8-6-4-3-5-7-9-11-14(15)17-2/h14-15,17H,3-12H2,1-2H3. The van der Waals surface area contributed by atoms with Crippen molar-refractivity contribution < 1.29 is 4.42 Å². The second kappa shape index (κ2) is 9.46. The summed E-state index contributed by atoms with van der Waals surface area (Å²) in [5, 5.41) is 12.9. The molecule has 1 aromatic heterocycles. The van der Waals surface area contributed by atoms with Crippen molar-refractivity contribution in [1.82, 2.24) is 15.5 Å². The Bertz CT molecular complexity index is 397. The maximum absolute atomic E-state index is 5.56. The topological polar surface area (TPSA) is 51.0 Å². The van der Waals surface area contributed by atoms with Crippen LogP contribution in [0, 0.1) is 6.92 Å². The Labute approximate surface area is 132 Å². The molecule has 2 rings (SSSR count). The molecular weight excluding hydrogens is 282 g/mol. The summed E-state index contributed by atoms with van der Waals surface area (Å²) in [4.78, 5) is 0. The van der Waals surface area contributed by atoms with Gasteiger partial charge in [0.05, 0.1) is 0 Å². The van der Waals surface area contributed by atoms with Crippen LogP contribution < -0.4 is 5.32 Å². The van der Waals surface area contributed by atoms with Crippen molar-refractivity contribution in [2.24, 2.45) is 0 Å². The van der Waals surface area contributed by atoms with Crippen LogP contribution in [0.25, 0.3) is 0 Å². The highest BCUT2D eigenvalue weighted by atomic mass is 32.2. The van der Waals surface area contributed by atoms with Gasteiger partial charge in [-0.3, -0.25) is 0 Å². The average Bonchev–Trinajstić information content (AvgIpc) is 2.87. The lowest BCUT2D eigenvalue weighted by atomic mass is 9.97. The molecule has 2 atom stereocenters. The highest BCUT2D eigenvalue weighted by Gasteiger charge is 2.23. The zero-order valence-electron chi connectivity index (χ0n) is 13.4. The third-order valence-electron chi connectivity index (χ3n) is 4.33. The Balaban J connectivity index is 1.95. The fraction of sp³-hybridized carbons (Fsp3) is 0.875. The molecule has 0 radical (unpaired) electrons. The molecule has 1 fully saturated rings. The lowest BCUT2D eigenvalue weighted by molar-refractivity contribution is 0.414. The van der Waals surface area contributed by atoms with Crippen LogP contribution in [0.5, 0.6) is 0 Å². The number of thioether (sulfide) groups is 1. The minimum absolute atomic E-state index is 0.536. The van der Waals surface area contributed by atoms with Crippen LogP contribution in [-0.2, 0) is 0 Å². The molecule has 0 bridgehead atoms. The normalized spacial score (nSPS) is 26.0. The molecule has 1 heterocycles. The fourth-order valence-electron chi connectivity index (χ4n) is 3.08. The summed E-state index contributed by atoms with van der Waals surface area (Å²) in [6, 6.07) is 0.543. The number of rotatable bonds is 3. The van der Waals surface area contributed by atoms with Crippen LogP contribution in [0.1, 0.15) is 70.1 Å². The third-order valence-corrected chi connectivity index (χ3v) is 5.57. The summed E-state index contributed by atoms with van der Waals surface area (Å²) in [7, 11) is 2.09. The first kappa shape index (κ1) is 16.8. The van der Waals surface area contributed by atoms with Gasteiger partial charge in [0, 0.05) is 18.2 Å². The Morgan fingerprint density at radius 3 is 2.14 bits per heavy atom. The van der Waals surface area contributed by atoms with Crippen LogP contribution in [-0.4, -0.2) is 28.5 Å². The quantitative estimate of drug-likeness (QED) is 0.900.